The maximum atomic E-state index is 10.8. The molecule has 0 atom stereocenters. The number of carbonyl (C=O) groups is 2. The number of rotatable bonds is 1. The zero-order chi connectivity index (χ0) is 12.8. The summed E-state index contributed by atoms with van der Waals surface area (Å²) in [5.74, 6) is -0.123. The van der Waals surface area contributed by atoms with Gasteiger partial charge in [-0.2, -0.15) is 0 Å². The predicted molar refractivity (Wildman–Crippen MR) is 62.9 cm³/mol. The van der Waals surface area contributed by atoms with Gasteiger partial charge in [-0.05, 0) is 11.8 Å². The lowest BCUT2D eigenvalue weighted by molar-refractivity contribution is -0.137. The summed E-state index contributed by atoms with van der Waals surface area (Å²) in [6.07, 6.45) is 1.76. The first kappa shape index (κ1) is 14.7. The number of hydrogen-bond donors (Lipinski definition) is 1. The second-order valence-electron chi connectivity index (χ2n) is 4.67. The molecule has 1 amide bonds. The van der Waals surface area contributed by atoms with Crippen molar-refractivity contribution in [1.82, 2.24) is 5.32 Å². The molecule has 16 heavy (non-hydrogen) atoms. The lowest BCUT2D eigenvalue weighted by Gasteiger charge is -2.18. The highest BCUT2D eigenvalue weighted by Gasteiger charge is 2.21. The molecule has 0 aromatic rings. The lowest BCUT2D eigenvalue weighted by Crippen LogP contribution is -2.17. The van der Waals surface area contributed by atoms with Crippen LogP contribution in [0.4, 0.5) is 0 Å². The van der Waals surface area contributed by atoms with Crippen molar-refractivity contribution in [1.29, 1.82) is 0 Å². The Morgan fingerprint density at radius 3 is 2.12 bits per heavy atom. The number of hydrogen-bond acceptors (Lipinski definition) is 3. The Balaban J connectivity index is 0.000000315. The monoisotopic (exact) mass is 227 g/mol. The lowest BCUT2D eigenvalue weighted by atomic mass is 9.88. The van der Waals surface area contributed by atoms with Crippen LogP contribution < -0.4 is 5.32 Å². The Labute approximate surface area is 97.1 Å². The van der Waals surface area contributed by atoms with Crippen molar-refractivity contribution in [3.8, 4) is 0 Å². The van der Waals surface area contributed by atoms with Gasteiger partial charge < -0.3 is 10.1 Å². The number of ether oxygens (including phenoxy) is 1. The number of esters is 1. The molecule has 0 bridgehead atoms. The van der Waals surface area contributed by atoms with Crippen molar-refractivity contribution >= 4 is 11.9 Å². The van der Waals surface area contributed by atoms with Crippen molar-refractivity contribution in [3.05, 3.63) is 12.2 Å². The van der Waals surface area contributed by atoms with Gasteiger partial charge in [0.05, 0.1) is 7.11 Å². The maximum Gasteiger partial charge on any atom is 0.333 e. The van der Waals surface area contributed by atoms with Crippen LogP contribution in [0.15, 0.2) is 12.2 Å². The second kappa shape index (κ2) is 6.30. The third-order valence-electron chi connectivity index (χ3n) is 2.24. The summed E-state index contributed by atoms with van der Waals surface area (Å²) in [6, 6.07) is 0. The Bertz CT molecular complexity index is 268. The van der Waals surface area contributed by atoms with E-state index in [2.05, 4.69) is 16.6 Å². The van der Waals surface area contributed by atoms with Gasteiger partial charge in [-0.1, -0.05) is 27.4 Å². The molecule has 92 valence electrons. The largest absolute Gasteiger partial charge is 0.466 e. The molecule has 4 nitrogen and oxygen atoms in total. The Kier molecular flexibility index (Phi) is 5.78. The summed E-state index contributed by atoms with van der Waals surface area (Å²) in [6.45, 7) is 10.3. The first-order valence-corrected chi connectivity index (χ1v) is 5.33. The fraction of sp³-hybridized carbons (Fsp3) is 0.667. The molecular weight excluding hydrogens is 206 g/mol. The minimum Gasteiger partial charge on any atom is -0.466 e. The van der Waals surface area contributed by atoms with E-state index in [1.54, 1.807) is 0 Å². The van der Waals surface area contributed by atoms with Crippen molar-refractivity contribution in [2.45, 2.75) is 33.6 Å². The predicted octanol–water partition coefficient (Wildman–Crippen LogP) is 1.66. The Hall–Kier alpha value is -1.32. The molecule has 1 aliphatic heterocycles. The van der Waals surface area contributed by atoms with Crippen LogP contribution in [0.2, 0.25) is 0 Å². The zero-order valence-electron chi connectivity index (χ0n) is 10.6. The number of methoxy groups -OCH3 is 1. The second-order valence-corrected chi connectivity index (χ2v) is 4.67. The van der Waals surface area contributed by atoms with Crippen molar-refractivity contribution in [2.75, 3.05) is 13.7 Å². The smallest absolute Gasteiger partial charge is 0.333 e. The van der Waals surface area contributed by atoms with E-state index in [-0.39, 0.29) is 17.3 Å². The molecule has 0 unspecified atom stereocenters. The molecule has 4 heteroatoms. The van der Waals surface area contributed by atoms with E-state index < -0.39 is 0 Å². The minimum atomic E-state index is -0.326. The van der Waals surface area contributed by atoms with E-state index in [0.29, 0.717) is 5.57 Å². The summed E-state index contributed by atoms with van der Waals surface area (Å²) in [5, 5.41) is 2.68. The highest BCUT2D eigenvalue weighted by molar-refractivity contribution is 5.88. The number of amides is 1. The van der Waals surface area contributed by atoms with Gasteiger partial charge in [-0.25, -0.2) is 4.79 Å². The summed E-state index contributed by atoms with van der Waals surface area (Å²) < 4.78 is 4.50. The van der Waals surface area contributed by atoms with E-state index in [1.807, 2.05) is 20.8 Å². The van der Waals surface area contributed by atoms with E-state index in [0.717, 1.165) is 19.4 Å². The maximum absolute atomic E-state index is 10.8. The summed E-state index contributed by atoms with van der Waals surface area (Å²) >= 11 is 0. The summed E-state index contributed by atoms with van der Waals surface area (Å²) in [4.78, 5) is 21.0. The van der Waals surface area contributed by atoms with Crippen LogP contribution in [0.3, 0.4) is 0 Å². The molecule has 1 fully saturated rings. The quantitative estimate of drug-likeness (QED) is 0.547. The topological polar surface area (TPSA) is 55.4 Å². The highest BCUT2D eigenvalue weighted by atomic mass is 16.5. The van der Waals surface area contributed by atoms with Gasteiger partial charge in [-0.3, -0.25) is 4.79 Å². The minimum absolute atomic E-state index is 0.187. The molecule has 0 aromatic carbocycles. The third-order valence-corrected chi connectivity index (χ3v) is 2.24. The van der Waals surface area contributed by atoms with Crippen LogP contribution in [-0.4, -0.2) is 25.5 Å². The fourth-order valence-corrected chi connectivity index (χ4v) is 0.995. The van der Waals surface area contributed by atoms with Crippen LogP contribution in [0.5, 0.6) is 0 Å². The van der Waals surface area contributed by atoms with Crippen molar-refractivity contribution in [3.63, 3.8) is 0 Å². The molecule has 1 N–H and O–H groups in total. The summed E-state index contributed by atoms with van der Waals surface area (Å²) in [7, 11) is 1.36. The van der Waals surface area contributed by atoms with Gasteiger partial charge in [0.2, 0.25) is 5.91 Å². The van der Waals surface area contributed by atoms with Crippen molar-refractivity contribution in [2.24, 2.45) is 5.41 Å². The van der Waals surface area contributed by atoms with Gasteiger partial charge in [-0.15, -0.1) is 0 Å². The molecule has 1 saturated heterocycles. The van der Waals surface area contributed by atoms with Gasteiger partial charge >= 0.3 is 5.97 Å². The van der Waals surface area contributed by atoms with Crippen molar-refractivity contribution < 1.29 is 14.3 Å². The molecular formula is C12H21NO3. The average Bonchev–Trinajstić information content (AvgIpc) is 2.66. The SMILES string of the molecule is C=C(C(=O)OC)C(C)(C)C.O=C1CCCN1. The van der Waals surface area contributed by atoms with Crippen LogP contribution >= 0.6 is 0 Å². The number of carbonyl (C=O) groups excluding carboxylic acids is 2. The van der Waals surface area contributed by atoms with Crippen LogP contribution in [-0.2, 0) is 14.3 Å². The molecule has 0 spiro atoms. The molecule has 1 rings (SSSR count). The van der Waals surface area contributed by atoms with Gasteiger partial charge in [0.1, 0.15) is 0 Å². The first-order valence-electron chi connectivity index (χ1n) is 5.33. The molecule has 0 aliphatic carbocycles. The van der Waals surface area contributed by atoms with Crippen LogP contribution in [0, 0.1) is 5.41 Å². The number of nitrogens with one attached hydrogen (secondary N) is 1. The van der Waals surface area contributed by atoms with E-state index in [9.17, 15) is 9.59 Å². The molecule has 0 radical (unpaired) electrons. The first-order chi connectivity index (χ1) is 7.29. The molecule has 0 aromatic heterocycles. The fourth-order valence-electron chi connectivity index (χ4n) is 0.995. The van der Waals surface area contributed by atoms with Crippen LogP contribution in [0.1, 0.15) is 33.6 Å². The Morgan fingerprint density at radius 1 is 1.44 bits per heavy atom. The summed E-state index contributed by atoms with van der Waals surface area (Å²) in [5.41, 5.74) is 0.322. The highest BCUT2D eigenvalue weighted by Crippen LogP contribution is 2.23. The van der Waals surface area contributed by atoms with Crippen LogP contribution in [0.25, 0.3) is 0 Å². The van der Waals surface area contributed by atoms with E-state index >= 15 is 0 Å². The van der Waals surface area contributed by atoms with Gasteiger partial charge in [0.15, 0.2) is 0 Å². The molecule has 1 aliphatic rings. The van der Waals surface area contributed by atoms with Gasteiger partial charge in [0.25, 0.3) is 0 Å². The Morgan fingerprint density at radius 2 is 2.00 bits per heavy atom. The average molecular weight is 227 g/mol. The third kappa shape index (κ3) is 5.53. The molecule has 0 saturated carbocycles. The van der Waals surface area contributed by atoms with E-state index in [1.165, 1.54) is 7.11 Å². The zero-order valence-corrected chi connectivity index (χ0v) is 10.6. The van der Waals surface area contributed by atoms with E-state index in [4.69, 9.17) is 0 Å². The van der Waals surface area contributed by atoms with Gasteiger partial charge in [0, 0.05) is 18.5 Å². The molecule has 1 heterocycles. The standard InChI is InChI=1S/C8H14O2.C4H7NO/c1-6(7(9)10-5)8(2,3)4;6-4-2-1-3-5-4/h1H2,2-5H3;1-3H2,(H,5,6). The normalized spacial score (nSPS) is 14.6.